The molecule has 0 bridgehead atoms. The number of rotatable bonds is 6. The molecule has 1 aromatic rings. The molecular weight excluding hydrogens is 226 g/mol. The lowest BCUT2D eigenvalue weighted by Crippen LogP contribution is -2.56. The number of aromatic nitrogens is 2. The van der Waals surface area contributed by atoms with Gasteiger partial charge in [0.15, 0.2) is 5.54 Å². The van der Waals surface area contributed by atoms with Crippen molar-refractivity contribution in [3.05, 3.63) is 18.5 Å². The van der Waals surface area contributed by atoms with E-state index in [2.05, 4.69) is 10.4 Å². The van der Waals surface area contributed by atoms with E-state index in [0.29, 0.717) is 0 Å². The zero-order valence-corrected chi connectivity index (χ0v) is 9.71. The molecule has 2 N–H and O–H groups in total. The van der Waals surface area contributed by atoms with Gasteiger partial charge in [0, 0.05) is 19.5 Å². The molecule has 1 heterocycles. The number of hydrogen-bond acceptors (Lipinski definition) is 4. The first-order valence-electron chi connectivity index (χ1n) is 4.99. The Balaban J connectivity index is 2.61. The fourth-order valence-electron chi connectivity index (χ4n) is 1.33. The lowest BCUT2D eigenvalue weighted by molar-refractivity contribution is -0.149. The van der Waals surface area contributed by atoms with Gasteiger partial charge in [-0.1, -0.05) is 0 Å². The van der Waals surface area contributed by atoms with Gasteiger partial charge in [0.1, 0.15) is 6.54 Å². The number of carboxylic acid groups (broad SMARTS) is 1. The zero-order chi connectivity index (χ0) is 12.9. The van der Waals surface area contributed by atoms with E-state index in [1.165, 1.54) is 18.7 Å². The quantitative estimate of drug-likeness (QED) is 0.699. The van der Waals surface area contributed by atoms with Crippen LogP contribution in [0.1, 0.15) is 6.92 Å². The highest BCUT2D eigenvalue weighted by atomic mass is 16.5. The van der Waals surface area contributed by atoms with Crippen LogP contribution in [0.2, 0.25) is 0 Å². The summed E-state index contributed by atoms with van der Waals surface area (Å²) in [5.41, 5.74) is -1.43. The number of carboxylic acids is 1. The molecule has 0 saturated heterocycles. The van der Waals surface area contributed by atoms with Crippen molar-refractivity contribution < 1.29 is 19.4 Å². The van der Waals surface area contributed by atoms with E-state index < -0.39 is 17.4 Å². The Kier molecular flexibility index (Phi) is 4.22. The summed E-state index contributed by atoms with van der Waals surface area (Å²) in [5.74, 6) is -1.58. The van der Waals surface area contributed by atoms with Gasteiger partial charge in [-0.05, 0) is 13.0 Å². The van der Waals surface area contributed by atoms with Crippen LogP contribution in [0.4, 0.5) is 0 Å². The van der Waals surface area contributed by atoms with Gasteiger partial charge in [0.25, 0.3) is 0 Å². The molecule has 0 aliphatic carbocycles. The largest absolute Gasteiger partial charge is 0.479 e. The Labute approximate surface area is 98.4 Å². The average Bonchev–Trinajstić information content (AvgIpc) is 2.70. The van der Waals surface area contributed by atoms with Crippen LogP contribution in [0.15, 0.2) is 18.5 Å². The normalized spacial score (nSPS) is 14.0. The highest BCUT2D eigenvalue weighted by Gasteiger charge is 2.34. The van der Waals surface area contributed by atoms with Crippen molar-refractivity contribution in [3.63, 3.8) is 0 Å². The SMILES string of the molecule is COCC(C)(NC(=O)Cn1cccn1)C(=O)O. The van der Waals surface area contributed by atoms with Crippen LogP contribution in [0, 0.1) is 0 Å². The number of aliphatic carboxylic acids is 1. The molecule has 1 rings (SSSR count). The minimum atomic E-state index is -1.43. The Morgan fingerprint density at radius 3 is 2.76 bits per heavy atom. The van der Waals surface area contributed by atoms with Crippen molar-refractivity contribution in [1.82, 2.24) is 15.1 Å². The molecule has 1 atom stereocenters. The van der Waals surface area contributed by atoms with E-state index in [-0.39, 0.29) is 13.2 Å². The van der Waals surface area contributed by atoms with E-state index in [4.69, 9.17) is 9.84 Å². The molecule has 1 unspecified atom stereocenters. The van der Waals surface area contributed by atoms with Gasteiger partial charge in [-0.15, -0.1) is 0 Å². The van der Waals surface area contributed by atoms with Crippen LogP contribution >= 0.6 is 0 Å². The van der Waals surface area contributed by atoms with Gasteiger partial charge in [0.05, 0.1) is 6.61 Å². The summed E-state index contributed by atoms with van der Waals surface area (Å²) < 4.78 is 6.19. The lowest BCUT2D eigenvalue weighted by Gasteiger charge is -2.25. The number of methoxy groups -OCH3 is 1. The van der Waals surface area contributed by atoms with E-state index in [1.807, 2.05) is 0 Å². The molecule has 0 aliphatic heterocycles. The number of carbonyl (C=O) groups excluding carboxylic acids is 1. The second-order valence-corrected chi connectivity index (χ2v) is 3.82. The fraction of sp³-hybridized carbons (Fsp3) is 0.500. The summed E-state index contributed by atoms with van der Waals surface area (Å²) in [4.78, 5) is 22.6. The molecule has 7 heteroatoms. The number of ether oxygens (including phenoxy) is 1. The van der Waals surface area contributed by atoms with E-state index >= 15 is 0 Å². The number of amides is 1. The van der Waals surface area contributed by atoms with Crippen molar-refractivity contribution in [1.29, 1.82) is 0 Å². The van der Waals surface area contributed by atoms with Crippen LogP contribution in [0.3, 0.4) is 0 Å². The van der Waals surface area contributed by atoms with Crippen LogP contribution in [-0.2, 0) is 20.9 Å². The average molecular weight is 241 g/mol. The number of nitrogens with one attached hydrogen (secondary N) is 1. The first-order valence-corrected chi connectivity index (χ1v) is 4.99. The summed E-state index contributed by atoms with van der Waals surface area (Å²) in [5, 5.41) is 15.3. The lowest BCUT2D eigenvalue weighted by atomic mass is 10.0. The summed E-state index contributed by atoms with van der Waals surface area (Å²) in [6, 6.07) is 1.68. The van der Waals surface area contributed by atoms with E-state index in [9.17, 15) is 9.59 Å². The van der Waals surface area contributed by atoms with Crippen molar-refractivity contribution >= 4 is 11.9 Å². The maximum atomic E-state index is 11.6. The maximum Gasteiger partial charge on any atom is 0.331 e. The summed E-state index contributed by atoms with van der Waals surface area (Å²) in [6.07, 6.45) is 3.16. The van der Waals surface area contributed by atoms with E-state index in [1.54, 1.807) is 18.5 Å². The highest BCUT2D eigenvalue weighted by molar-refractivity contribution is 5.86. The first kappa shape index (κ1) is 13.2. The second kappa shape index (κ2) is 5.44. The van der Waals surface area contributed by atoms with Crippen LogP contribution in [-0.4, -0.2) is 46.0 Å². The molecule has 0 aliphatic rings. The third-order valence-corrected chi connectivity index (χ3v) is 2.19. The zero-order valence-electron chi connectivity index (χ0n) is 9.71. The minimum Gasteiger partial charge on any atom is -0.479 e. The Morgan fingerprint density at radius 2 is 2.29 bits per heavy atom. The molecule has 0 spiro atoms. The molecule has 7 nitrogen and oxygen atoms in total. The standard InChI is InChI=1S/C10H15N3O4/c1-10(7-17-2,9(15)16)12-8(14)6-13-5-3-4-11-13/h3-5H,6-7H2,1-2H3,(H,12,14)(H,15,16). The van der Waals surface area contributed by atoms with Gasteiger partial charge >= 0.3 is 5.97 Å². The van der Waals surface area contributed by atoms with Crippen LogP contribution in [0.25, 0.3) is 0 Å². The third kappa shape index (κ3) is 3.56. The topological polar surface area (TPSA) is 93.5 Å². The fourth-order valence-corrected chi connectivity index (χ4v) is 1.33. The number of hydrogen-bond donors (Lipinski definition) is 2. The molecule has 1 aromatic heterocycles. The predicted octanol–water partition coefficient (Wildman–Crippen LogP) is -0.511. The Morgan fingerprint density at radius 1 is 1.59 bits per heavy atom. The van der Waals surface area contributed by atoms with Crippen LogP contribution < -0.4 is 5.32 Å². The molecule has 0 fully saturated rings. The van der Waals surface area contributed by atoms with Gasteiger partial charge < -0.3 is 15.2 Å². The minimum absolute atomic E-state index is 0.0282. The molecule has 17 heavy (non-hydrogen) atoms. The smallest absolute Gasteiger partial charge is 0.331 e. The third-order valence-electron chi connectivity index (χ3n) is 2.19. The number of carbonyl (C=O) groups is 2. The Hall–Kier alpha value is -1.89. The Bertz CT molecular complexity index is 390. The van der Waals surface area contributed by atoms with Crippen molar-refractivity contribution in [3.8, 4) is 0 Å². The van der Waals surface area contributed by atoms with Crippen molar-refractivity contribution in [2.75, 3.05) is 13.7 Å². The highest BCUT2D eigenvalue weighted by Crippen LogP contribution is 2.04. The van der Waals surface area contributed by atoms with Gasteiger partial charge in [0.2, 0.25) is 5.91 Å². The molecule has 1 amide bonds. The molecule has 0 saturated carbocycles. The molecule has 0 radical (unpaired) electrons. The second-order valence-electron chi connectivity index (χ2n) is 3.82. The van der Waals surface area contributed by atoms with Crippen LogP contribution in [0.5, 0.6) is 0 Å². The van der Waals surface area contributed by atoms with Gasteiger partial charge in [-0.2, -0.15) is 5.10 Å². The maximum absolute atomic E-state index is 11.6. The summed E-state index contributed by atoms with van der Waals surface area (Å²) in [7, 11) is 1.38. The van der Waals surface area contributed by atoms with Crippen molar-refractivity contribution in [2.24, 2.45) is 0 Å². The molecular formula is C10H15N3O4. The first-order chi connectivity index (χ1) is 7.98. The monoisotopic (exact) mass is 241 g/mol. The van der Waals surface area contributed by atoms with Crippen molar-refractivity contribution in [2.45, 2.75) is 19.0 Å². The van der Waals surface area contributed by atoms with Gasteiger partial charge in [-0.3, -0.25) is 9.48 Å². The molecule has 0 aromatic carbocycles. The van der Waals surface area contributed by atoms with E-state index in [0.717, 1.165) is 0 Å². The van der Waals surface area contributed by atoms with Gasteiger partial charge in [-0.25, -0.2) is 4.79 Å². The summed E-state index contributed by atoms with van der Waals surface area (Å²) >= 11 is 0. The summed E-state index contributed by atoms with van der Waals surface area (Å²) in [6.45, 7) is 1.26. The predicted molar refractivity (Wildman–Crippen MR) is 58.3 cm³/mol. The molecule has 94 valence electrons. The number of nitrogens with zero attached hydrogens (tertiary/aromatic N) is 2.